The minimum absolute atomic E-state index is 0.0273. The molecular formula is C13H22N2O. The van der Waals surface area contributed by atoms with Gasteiger partial charge in [0.15, 0.2) is 0 Å². The van der Waals surface area contributed by atoms with Crippen molar-refractivity contribution in [3.63, 3.8) is 0 Å². The van der Waals surface area contributed by atoms with Crippen LogP contribution in [0.15, 0.2) is 16.5 Å². The molecule has 0 saturated heterocycles. The van der Waals surface area contributed by atoms with E-state index in [1.807, 2.05) is 13.0 Å². The SMILES string of the molecule is Cc1ccc(C(C)(C)CNCC2(N)CC2)o1. The van der Waals surface area contributed by atoms with Crippen LogP contribution in [0.5, 0.6) is 0 Å². The zero-order chi connectivity index (χ0) is 11.8. The van der Waals surface area contributed by atoms with Crippen LogP contribution in [0.2, 0.25) is 0 Å². The highest BCUT2D eigenvalue weighted by Crippen LogP contribution is 2.31. The number of furan rings is 1. The Kier molecular flexibility index (Phi) is 2.84. The molecule has 16 heavy (non-hydrogen) atoms. The Bertz CT molecular complexity index is 364. The van der Waals surface area contributed by atoms with Gasteiger partial charge in [0.1, 0.15) is 11.5 Å². The largest absolute Gasteiger partial charge is 0.466 e. The third kappa shape index (κ3) is 2.66. The quantitative estimate of drug-likeness (QED) is 0.800. The number of hydrogen-bond donors (Lipinski definition) is 2. The van der Waals surface area contributed by atoms with E-state index in [2.05, 4.69) is 25.2 Å². The molecule has 1 aromatic heterocycles. The van der Waals surface area contributed by atoms with E-state index in [4.69, 9.17) is 10.2 Å². The Morgan fingerprint density at radius 1 is 1.44 bits per heavy atom. The molecule has 0 bridgehead atoms. The molecule has 0 spiro atoms. The highest BCUT2D eigenvalue weighted by Gasteiger charge is 2.38. The summed E-state index contributed by atoms with van der Waals surface area (Å²) < 4.78 is 5.68. The minimum atomic E-state index is 0.0273. The average molecular weight is 222 g/mol. The summed E-state index contributed by atoms with van der Waals surface area (Å²) in [5, 5.41) is 3.45. The van der Waals surface area contributed by atoms with Crippen molar-refractivity contribution < 1.29 is 4.42 Å². The lowest BCUT2D eigenvalue weighted by Gasteiger charge is -2.23. The minimum Gasteiger partial charge on any atom is -0.466 e. The van der Waals surface area contributed by atoms with E-state index in [0.29, 0.717) is 0 Å². The maximum Gasteiger partial charge on any atom is 0.111 e. The average Bonchev–Trinajstić information content (AvgIpc) is 2.75. The van der Waals surface area contributed by atoms with E-state index in [1.165, 1.54) is 0 Å². The molecule has 0 aliphatic heterocycles. The lowest BCUT2D eigenvalue weighted by Crippen LogP contribution is -2.41. The van der Waals surface area contributed by atoms with E-state index < -0.39 is 0 Å². The van der Waals surface area contributed by atoms with Crippen molar-refractivity contribution in [2.75, 3.05) is 13.1 Å². The van der Waals surface area contributed by atoms with Crippen molar-refractivity contribution in [3.8, 4) is 0 Å². The Morgan fingerprint density at radius 2 is 2.12 bits per heavy atom. The molecule has 1 saturated carbocycles. The van der Waals surface area contributed by atoms with Crippen LogP contribution in [0.3, 0.4) is 0 Å². The molecule has 0 aromatic carbocycles. The van der Waals surface area contributed by atoms with Gasteiger partial charge in [0.2, 0.25) is 0 Å². The van der Waals surface area contributed by atoms with Gasteiger partial charge in [-0.15, -0.1) is 0 Å². The van der Waals surface area contributed by atoms with Crippen LogP contribution >= 0.6 is 0 Å². The third-order valence-electron chi connectivity index (χ3n) is 3.34. The summed E-state index contributed by atoms with van der Waals surface area (Å²) in [6.45, 7) is 8.17. The maximum atomic E-state index is 6.03. The van der Waals surface area contributed by atoms with E-state index >= 15 is 0 Å². The molecule has 1 aliphatic carbocycles. The smallest absolute Gasteiger partial charge is 0.111 e. The summed E-state index contributed by atoms with van der Waals surface area (Å²) >= 11 is 0. The van der Waals surface area contributed by atoms with Crippen molar-refractivity contribution in [1.82, 2.24) is 5.32 Å². The first-order chi connectivity index (χ1) is 7.41. The molecule has 1 aromatic rings. The Labute approximate surface area is 97.4 Å². The van der Waals surface area contributed by atoms with Gasteiger partial charge < -0.3 is 15.5 Å². The van der Waals surface area contributed by atoms with E-state index in [1.54, 1.807) is 0 Å². The molecule has 0 amide bonds. The fourth-order valence-electron chi connectivity index (χ4n) is 1.85. The van der Waals surface area contributed by atoms with E-state index in [-0.39, 0.29) is 11.0 Å². The van der Waals surface area contributed by atoms with Gasteiger partial charge in [-0.3, -0.25) is 0 Å². The van der Waals surface area contributed by atoms with Crippen LogP contribution in [0.4, 0.5) is 0 Å². The second-order valence-electron chi connectivity index (χ2n) is 5.76. The summed E-state index contributed by atoms with van der Waals surface area (Å²) in [6.07, 6.45) is 2.31. The lowest BCUT2D eigenvalue weighted by atomic mass is 9.90. The second-order valence-corrected chi connectivity index (χ2v) is 5.76. The van der Waals surface area contributed by atoms with Gasteiger partial charge in [0, 0.05) is 24.0 Å². The molecule has 1 aliphatic rings. The standard InChI is InChI=1S/C13H22N2O/c1-10-4-5-11(16-10)12(2,3)8-15-9-13(14)6-7-13/h4-5,15H,6-9,14H2,1-3H3. The van der Waals surface area contributed by atoms with Gasteiger partial charge in [-0.2, -0.15) is 0 Å². The van der Waals surface area contributed by atoms with Gasteiger partial charge in [-0.05, 0) is 31.9 Å². The first-order valence-corrected chi connectivity index (χ1v) is 5.98. The van der Waals surface area contributed by atoms with Crippen molar-refractivity contribution in [1.29, 1.82) is 0 Å². The summed E-state index contributed by atoms with van der Waals surface area (Å²) in [5.74, 6) is 2.01. The number of rotatable bonds is 5. The molecule has 3 N–H and O–H groups in total. The highest BCUT2D eigenvalue weighted by molar-refractivity contribution is 5.15. The molecule has 90 valence electrons. The van der Waals surface area contributed by atoms with E-state index in [9.17, 15) is 0 Å². The fraction of sp³-hybridized carbons (Fsp3) is 0.692. The van der Waals surface area contributed by atoms with Crippen molar-refractivity contribution in [2.24, 2.45) is 5.73 Å². The van der Waals surface area contributed by atoms with Gasteiger partial charge in [-0.1, -0.05) is 13.8 Å². The third-order valence-corrected chi connectivity index (χ3v) is 3.34. The van der Waals surface area contributed by atoms with E-state index in [0.717, 1.165) is 37.5 Å². The van der Waals surface area contributed by atoms with Gasteiger partial charge in [0.05, 0.1) is 0 Å². The molecule has 1 fully saturated rings. The lowest BCUT2D eigenvalue weighted by molar-refractivity contribution is 0.353. The summed E-state index contributed by atoms with van der Waals surface area (Å²) in [5.41, 5.74) is 6.14. The molecule has 1 heterocycles. The van der Waals surface area contributed by atoms with Crippen LogP contribution < -0.4 is 11.1 Å². The van der Waals surface area contributed by atoms with Crippen molar-refractivity contribution >= 4 is 0 Å². The Morgan fingerprint density at radius 3 is 2.62 bits per heavy atom. The number of nitrogens with two attached hydrogens (primary N) is 1. The molecular weight excluding hydrogens is 200 g/mol. The molecule has 0 unspecified atom stereocenters. The number of nitrogens with one attached hydrogen (secondary N) is 1. The van der Waals surface area contributed by atoms with Crippen LogP contribution in [-0.4, -0.2) is 18.6 Å². The number of hydrogen-bond acceptors (Lipinski definition) is 3. The molecule has 0 atom stereocenters. The van der Waals surface area contributed by atoms with Gasteiger partial charge in [0.25, 0.3) is 0 Å². The fourth-order valence-corrected chi connectivity index (χ4v) is 1.85. The van der Waals surface area contributed by atoms with Gasteiger partial charge >= 0.3 is 0 Å². The van der Waals surface area contributed by atoms with Crippen molar-refractivity contribution in [3.05, 3.63) is 23.7 Å². The molecule has 3 nitrogen and oxygen atoms in total. The zero-order valence-electron chi connectivity index (χ0n) is 10.5. The maximum absolute atomic E-state index is 6.03. The molecule has 3 heteroatoms. The first kappa shape index (κ1) is 11.7. The summed E-state index contributed by atoms with van der Waals surface area (Å²) in [4.78, 5) is 0. The van der Waals surface area contributed by atoms with Crippen molar-refractivity contribution in [2.45, 2.75) is 44.6 Å². The monoisotopic (exact) mass is 222 g/mol. The summed E-state index contributed by atoms with van der Waals surface area (Å²) in [7, 11) is 0. The summed E-state index contributed by atoms with van der Waals surface area (Å²) in [6, 6.07) is 4.08. The highest BCUT2D eigenvalue weighted by atomic mass is 16.3. The van der Waals surface area contributed by atoms with Crippen LogP contribution in [-0.2, 0) is 5.41 Å². The number of aryl methyl sites for hydroxylation is 1. The second kappa shape index (κ2) is 3.90. The van der Waals surface area contributed by atoms with Crippen LogP contribution in [0.1, 0.15) is 38.2 Å². The van der Waals surface area contributed by atoms with Crippen LogP contribution in [0, 0.1) is 6.92 Å². The zero-order valence-corrected chi connectivity index (χ0v) is 10.5. The topological polar surface area (TPSA) is 51.2 Å². The predicted octanol–water partition coefficient (Wildman–Crippen LogP) is 1.95. The van der Waals surface area contributed by atoms with Crippen LogP contribution in [0.25, 0.3) is 0 Å². The molecule has 2 rings (SSSR count). The van der Waals surface area contributed by atoms with Gasteiger partial charge in [-0.25, -0.2) is 0 Å². The first-order valence-electron chi connectivity index (χ1n) is 5.98. The predicted molar refractivity (Wildman–Crippen MR) is 65.5 cm³/mol. The molecule has 0 radical (unpaired) electrons. The normalized spacial score (nSPS) is 18.8. The Balaban J connectivity index is 1.87. The Hall–Kier alpha value is -0.800.